The molecule has 84 valence electrons. The number of thiazole rings is 1. The highest BCUT2D eigenvalue weighted by molar-refractivity contribution is 7.19. The number of hydrogen-bond donors (Lipinski definition) is 1. The van der Waals surface area contributed by atoms with Crippen molar-refractivity contribution in [1.29, 1.82) is 0 Å². The summed E-state index contributed by atoms with van der Waals surface area (Å²) < 4.78 is 5.27. The maximum Gasteiger partial charge on any atom is 0.129 e. The molecule has 1 aromatic heterocycles. The molecule has 0 saturated heterocycles. The zero-order valence-electron chi connectivity index (χ0n) is 8.95. The zero-order chi connectivity index (χ0) is 11.7. The van der Waals surface area contributed by atoms with Gasteiger partial charge < -0.3 is 10.5 Å². The van der Waals surface area contributed by atoms with Crippen molar-refractivity contribution in [1.82, 2.24) is 4.98 Å². The highest BCUT2D eigenvalue weighted by Gasteiger charge is 2.12. The van der Waals surface area contributed by atoms with E-state index in [1.165, 1.54) is 11.3 Å². The molecule has 0 atom stereocenters. The summed E-state index contributed by atoms with van der Waals surface area (Å²) in [5, 5.41) is 2.20. The largest absolute Gasteiger partial charge is 0.496 e. The number of nitrogen functional groups attached to an aromatic ring is 1. The number of nitrogens with zero attached hydrogens (tertiary/aromatic N) is 1. The summed E-state index contributed by atoms with van der Waals surface area (Å²) in [4.78, 5) is 4.39. The first kappa shape index (κ1) is 11.2. The number of nitrogens with two attached hydrogens (primary N) is 1. The van der Waals surface area contributed by atoms with Gasteiger partial charge in [0.1, 0.15) is 15.8 Å². The van der Waals surface area contributed by atoms with Gasteiger partial charge in [-0.15, -0.1) is 0 Å². The number of aromatic nitrogens is 1. The fourth-order valence-electron chi connectivity index (χ4n) is 1.37. The summed E-state index contributed by atoms with van der Waals surface area (Å²) in [6, 6.07) is 5.44. The third-order valence-corrected chi connectivity index (χ3v) is 3.48. The molecular weight excluding hydrogens is 244 g/mol. The number of anilines is 1. The van der Waals surface area contributed by atoms with Gasteiger partial charge in [0, 0.05) is 5.02 Å². The van der Waals surface area contributed by atoms with Crippen molar-refractivity contribution in [2.24, 2.45) is 0 Å². The fourth-order valence-corrected chi connectivity index (χ4v) is 2.40. The molecule has 0 fully saturated rings. The molecule has 0 spiro atoms. The number of methoxy groups -OCH3 is 1. The van der Waals surface area contributed by atoms with Crippen LogP contribution in [0.5, 0.6) is 5.75 Å². The van der Waals surface area contributed by atoms with E-state index in [-0.39, 0.29) is 0 Å². The normalized spacial score (nSPS) is 10.4. The molecular formula is C11H11ClN2OS. The van der Waals surface area contributed by atoms with Crippen LogP contribution in [0.2, 0.25) is 5.02 Å². The number of benzene rings is 1. The first-order valence-corrected chi connectivity index (χ1v) is 5.88. The third kappa shape index (κ3) is 1.99. The van der Waals surface area contributed by atoms with Crippen molar-refractivity contribution in [3.05, 3.63) is 28.9 Å². The highest BCUT2D eigenvalue weighted by atomic mass is 35.5. The standard InChI is InChI=1S/C11H11ClN2OS/c1-6-10(13)16-11(14-6)8-5-7(12)3-4-9(8)15-2/h3-5H,13H2,1-2H3. The topological polar surface area (TPSA) is 48.1 Å². The Balaban J connectivity index is 2.57. The second-order valence-electron chi connectivity index (χ2n) is 3.31. The van der Waals surface area contributed by atoms with E-state index in [1.807, 2.05) is 19.1 Å². The van der Waals surface area contributed by atoms with Crippen LogP contribution < -0.4 is 10.5 Å². The summed E-state index contributed by atoms with van der Waals surface area (Å²) in [5.74, 6) is 0.748. The van der Waals surface area contributed by atoms with E-state index in [0.29, 0.717) is 5.02 Å². The monoisotopic (exact) mass is 254 g/mol. The van der Waals surface area contributed by atoms with Crippen LogP contribution in [0, 0.1) is 6.92 Å². The summed E-state index contributed by atoms with van der Waals surface area (Å²) >= 11 is 7.39. The molecule has 1 heterocycles. The SMILES string of the molecule is COc1ccc(Cl)cc1-c1nc(C)c(N)s1. The lowest BCUT2D eigenvalue weighted by Gasteiger charge is -2.05. The van der Waals surface area contributed by atoms with Gasteiger partial charge in [-0.05, 0) is 25.1 Å². The number of ether oxygens (including phenoxy) is 1. The minimum absolute atomic E-state index is 0.655. The minimum Gasteiger partial charge on any atom is -0.496 e. The Labute approximate surface area is 103 Å². The van der Waals surface area contributed by atoms with Crippen LogP contribution in [-0.2, 0) is 0 Å². The lowest BCUT2D eigenvalue weighted by Crippen LogP contribution is -1.87. The first-order valence-electron chi connectivity index (χ1n) is 4.68. The predicted molar refractivity (Wildman–Crippen MR) is 68.3 cm³/mol. The van der Waals surface area contributed by atoms with Crippen molar-refractivity contribution in [3.8, 4) is 16.3 Å². The van der Waals surface area contributed by atoms with Gasteiger partial charge in [0.15, 0.2) is 0 Å². The molecule has 0 aliphatic rings. The van der Waals surface area contributed by atoms with Crippen molar-refractivity contribution in [3.63, 3.8) is 0 Å². The Hall–Kier alpha value is -1.26. The van der Waals surface area contributed by atoms with Crippen LogP contribution in [0.3, 0.4) is 0 Å². The average Bonchev–Trinajstić information content (AvgIpc) is 2.59. The zero-order valence-corrected chi connectivity index (χ0v) is 10.5. The van der Waals surface area contributed by atoms with Crippen molar-refractivity contribution >= 4 is 27.9 Å². The molecule has 0 aliphatic carbocycles. The van der Waals surface area contributed by atoms with Crippen molar-refractivity contribution < 1.29 is 4.74 Å². The third-order valence-electron chi connectivity index (χ3n) is 2.22. The lowest BCUT2D eigenvalue weighted by atomic mass is 10.2. The predicted octanol–water partition coefficient (Wildman–Crippen LogP) is 3.36. The quantitative estimate of drug-likeness (QED) is 0.894. The Bertz CT molecular complexity index is 505. The van der Waals surface area contributed by atoms with E-state index in [4.69, 9.17) is 22.1 Å². The van der Waals surface area contributed by atoms with Crippen LogP contribution in [0.4, 0.5) is 5.00 Å². The van der Waals surface area contributed by atoms with E-state index in [9.17, 15) is 0 Å². The first-order chi connectivity index (χ1) is 7.61. The van der Waals surface area contributed by atoms with Crippen LogP contribution in [0.15, 0.2) is 18.2 Å². The van der Waals surface area contributed by atoms with Gasteiger partial charge in [-0.25, -0.2) is 4.98 Å². The highest BCUT2D eigenvalue weighted by Crippen LogP contribution is 2.36. The van der Waals surface area contributed by atoms with E-state index in [0.717, 1.165) is 27.0 Å². The summed E-state index contributed by atoms with van der Waals surface area (Å²) in [6.45, 7) is 1.88. The van der Waals surface area contributed by atoms with Crippen LogP contribution in [-0.4, -0.2) is 12.1 Å². The Morgan fingerprint density at radius 3 is 2.75 bits per heavy atom. The van der Waals surface area contributed by atoms with E-state index < -0.39 is 0 Å². The van der Waals surface area contributed by atoms with Gasteiger partial charge in [0.05, 0.1) is 18.4 Å². The molecule has 0 unspecified atom stereocenters. The Kier molecular flexibility index (Phi) is 3.03. The van der Waals surface area contributed by atoms with Crippen LogP contribution in [0.1, 0.15) is 5.69 Å². The van der Waals surface area contributed by atoms with Crippen LogP contribution in [0.25, 0.3) is 10.6 Å². The minimum atomic E-state index is 0.655. The Morgan fingerprint density at radius 2 is 2.19 bits per heavy atom. The molecule has 0 aliphatic heterocycles. The average molecular weight is 255 g/mol. The summed E-state index contributed by atoms with van der Waals surface area (Å²) in [7, 11) is 1.62. The molecule has 0 amide bonds. The fraction of sp³-hybridized carbons (Fsp3) is 0.182. The molecule has 3 nitrogen and oxygen atoms in total. The van der Waals surface area contributed by atoms with E-state index in [2.05, 4.69) is 4.98 Å². The molecule has 2 N–H and O–H groups in total. The molecule has 2 aromatic rings. The smallest absolute Gasteiger partial charge is 0.129 e. The molecule has 1 aromatic carbocycles. The van der Waals surface area contributed by atoms with E-state index in [1.54, 1.807) is 13.2 Å². The number of hydrogen-bond acceptors (Lipinski definition) is 4. The maximum atomic E-state index is 5.96. The lowest BCUT2D eigenvalue weighted by molar-refractivity contribution is 0.416. The Morgan fingerprint density at radius 1 is 1.44 bits per heavy atom. The second-order valence-corrected chi connectivity index (χ2v) is 4.78. The van der Waals surface area contributed by atoms with Gasteiger partial charge in [-0.3, -0.25) is 0 Å². The molecule has 0 bridgehead atoms. The van der Waals surface area contributed by atoms with Crippen LogP contribution >= 0.6 is 22.9 Å². The van der Waals surface area contributed by atoms with Gasteiger partial charge in [0.25, 0.3) is 0 Å². The van der Waals surface area contributed by atoms with Gasteiger partial charge >= 0.3 is 0 Å². The number of rotatable bonds is 2. The summed E-state index contributed by atoms with van der Waals surface area (Å²) in [5.41, 5.74) is 7.50. The van der Waals surface area contributed by atoms with E-state index >= 15 is 0 Å². The van der Waals surface area contributed by atoms with Crippen molar-refractivity contribution in [2.45, 2.75) is 6.92 Å². The maximum absolute atomic E-state index is 5.96. The van der Waals surface area contributed by atoms with Gasteiger partial charge in [-0.2, -0.15) is 0 Å². The molecule has 5 heteroatoms. The molecule has 0 radical (unpaired) electrons. The van der Waals surface area contributed by atoms with Crippen molar-refractivity contribution in [2.75, 3.05) is 12.8 Å². The number of aryl methyl sites for hydroxylation is 1. The summed E-state index contributed by atoms with van der Waals surface area (Å²) in [6.07, 6.45) is 0. The molecule has 16 heavy (non-hydrogen) atoms. The molecule has 2 rings (SSSR count). The molecule has 0 saturated carbocycles. The van der Waals surface area contributed by atoms with Gasteiger partial charge in [0.2, 0.25) is 0 Å². The number of halogens is 1. The second kappa shape index (κ2) is 4.31. The van der Waals surface area contributed by atoms with Gasteiger partial charge in [-0.1, -0.05) is 22.9 Å².